The molecule has 0 atom stereocenters. The predicted molar refractivity (Wildman–Crippen MR) is 67.6 cm³/mol. The summed E-state index contributed by atoms with van der Waals surface area (Å²) in [6.45, 7) is 3.75. The first-order valence-corrected chi connectivity index (χ1v) is 5.83. The average molecular weight is 230 g/mol. The number of hydrogen-bond acceptors (Lipinski definition) is 4. The van der Waals surface area contributed by atoms with E-state index in [1.54, 1.807) is 6.07 Å². The Kier molecular flexibility index (Phi) is 2.57. The minimum atomic E-state index is -0.280. The lowest BCUT2D eigenvalue weighted by Gasteiger charge is -2.29. The summed E-state index contributed by atoms with van der Waals surface area (Å²) in [5.74, 6) is 0. The molecule has 1 aromatic heterocycles. The number of rotatable bonds is 1. The van der Waals surface area contributed by atoms with E-state index in [1.807, 2.05) is 24.3 Å². The number of nitrogens with one attached hydrogen (secondary N) is 1. The van der Waals surface area contributed by atoms with Crippen molar-refractivity contribution < 1.29 is 4.42 Å². The van der Waals surface area contributed by atoms with Crippen LogP contribution in [-0.4, -0.2) is 26.2 Å². The number of hydrogen-bond donors (Lipinski definition) is 1. The fourth-order valence-corrected chi connectivity index (χ4v) is 2.26. The molecule has 2 heterocycles. The Hall–Kier alpha value is -1.81. The van der Waals surface area contributed by atoms with Crippen molar-refractivity contribution in [3.63, 3.8) is 0 Å². The summed E-state index contributed by atoms with van der Waals surface area (Å²) in [5.41, 5.74) is 1.36. The molecule has 0 spiro atoms. The number of para-hydroxylation sites is 1. The first kappa shape index (κ1) is 10.4. The number of piperazine rings is 1. The van der Waals surface area contributed by atoms with Crippen molar-refractivity contribution in [1.82, 2.24) is 5.32 Å². The molecule has 1 aliphatic heterocycles. The molecule has 1 fully saturated rings. The number of anilines is 1. The zero-order valence-corrected chi connectivity index (χ0v) is 9.48. The highest BCUT2D eigenvalue weighted by Crippen LogP contribution is 2.24. The average Bonchev–Trinajstić information content (AvgIpc) is 2.39. The molecule has 0 unspecified atom stereocenters. The second-order valence-electron chi connectivity index (χ2n) is 4.18. The van der Waals surface area contributed by atoms with E-state index in [0.717, 1.165) is 37.3 Å². The third-order valence-electron chi connectivity index (χ3n) is 3.09. The minimum absolute atomic E-state index is 0.280. The van der Waals surface area contributed by atoms with Gasteiger partial charge in [0.25, 0.3) is 0 Å². The zero-order chi connectivity index (χ0) is 11.7. The predicted octanol–water partition coefficient (Wildman–Crippen LogP) is 1.20. The molecular formula is C13H14N2O2. The Morgan fingerprint density at radius 1 is 1.18 bits per heavy atom. The van der Waals surface area contributed by atoms with Crippen molar-refractivity contribution in [3.8, 4) is 0 Å². The van der Waals surface area contributed by atoms with Crippen molar-refractivity contribution in [2.75, 3.05) is 31.1 Å². The van der Waals surface area contributed by atoms with Crippen molar-refractivity contribution in [1.29, 1.82) is 0 Å². The van der Waals surface area contributed by atoms with Gasteiger partial charge in [-0.25, -0.2) is 4.79 Å². The SMILES string of the molecule is O=c1cc(N2CCNCC2)c2ccccc2o1. The smallest absolute Gasteiger partial charge is 0.338 e. The molecule has 1 N–H and O–H groups in total. The Morgan fingerprint density at radius 3 is 2.76 bits per heavy atom. The molecule has 1 aliphatic rings. The van der Waals surface area contributed by atoms with Crippen LogP contribution in [0.5, 0.6) is 0 Å². The number of fused-ring (bicyclic) bond motifs is 1. The van der Waals surface area contributed by atoms with Crippen molar-refractivity contribution in [2.24, 2.45) is 0 Å². The summed E-state index contributed by atoms with van der Waals surface area (Å²) in [7, 11) is 0. The van der Waals surface area contributed by atoms with Gasteiger partial charge in [-0.15, -0.1) is 0 Å². The molecule has 4 heteroatoms. The van der Waals surface area contributed by atoms with Gasteiger partial charge in [0.1, 0.15) is 5.58 Å². The third-order valence-corrected chi connectivity index (χ3v) is 3.09. The summed E-state index contributed by atoms with van der Waals surface area (Å²) >= 11 is 0. The molecule has 0 radical (unpaired) electrons. The van der Waals surface area contributed by atoms with Crippen LogP contribution in [0.25, 0.3) is 11.0 Å². The lowest BCUT2D eigenvalue weighted by molar-refractivity contribution is 0.555. The van der Waals surface area contributed by atoms with Crippen LogP contribution in [0.2, 0.25) is 0 Å². The summed E-state index contributed by atoms with van der Waals surface area (Å²) in [6.07, 6.45) is 0. The van der Waals surface area contributed by atoms with Crippen LogP contribution in [0.15, 0.2) is 39.5 Å². The third kappa shape index (κ3) is 1.91. The first-order chi connectivity index (χ1) is 8.34. The van der Waals surface area contributed by atoms with Crippen molar-refractivity contribution in [3.05, 3.63) is 40.8 Å². The van der Waals surface area contributed by atoms with E-state index in [4.69, 9.17) is 4.42 Å². The highest BCUT2D eigenvalue weighted by molar-refractivity contribution is 5.90. The maximum Gasteiger partial charge on any atom is 0.338 e. The summed E-state index contributed by atoms with van der Waals surface area (Å²) < 4.78 is 5.20. The standard InChI is InChI=1S/C13H14N2O2/c16-13-9-11(15-7-5-14-6-8-15)10-3-1-2-4-12(10)17-13/h1-4,9,14H,5-8H2. The van der Waals surface area contributed by atoms with Gasteiger partial charge in [-0.05, 0) is 12.1 Å². The molecule has 0 aliphatic carbocycles. The second kappa shape index (κ2) is 4.22. The van der Waals surface area contributed by atoms with Gasteiger partial charge in [-0.1, -0.05) is 12.1 Å². The van der Waals surface area contributed by atoms with Gasteiger partial charge in [-0.2, -0.15) is 0 Å². The van der Waals surface area contributed by atoms with Crippen molar-refractivity contribution >= 4 is 16.7 Å². The Bertz CT molecular complexity index is 585. The monoisotopic (exact) mass is 230 g/mol. The minimum Gasteiger partial charge on any atom is -0.423 e. The van der Waals surface area contributed by atoms with Gasteiger partial charge in [0.2, 0.25) is 0 Å². The topological polar surface area (TPSA) is 45.5 Å². The quantitative estimate of drug-likeness (QED) is 0.748. The summed E-state index contributed by atoms with van der Waals surface area (Å²) in [6, 6.07) is 9.27. The molecule has 17 heavy (non-hydrogen) atoms. The molecule has 0 saturated carbocycles. The lowest BCUT2D eigenvalue weighted by atomic mass is 10.2. The largest absolute Gasteiger partial charge is 0.423 e. The highest BCUT2D eigenvalue weighted by atomic mass is 16.4. The number of nitrogens with zero attached hydrogens (tertiary/aromatic N) is 1. The Labute approximate surface area is 98.8 Å². The van der Waals surface area contributed by atoms with Gasteiger partial charge >= 0.3 is 5.63 Å². The van der Waals surface area contributed by atoms with E-state index in [1.165, 1.54) is 0 Å². The molecule has 1 saturated heterocycles. The molecule has 0 amide bonds. The molecule has 3 rings (SSSR count). The normalized spacial score (nSPS) is 16.4. The van der Waals surface area contributed by atoms with Gasteiger partial charge in [0.05, 0.1) is 5.69 Å². The van der Waals surface area contributed by atoms with Gasteiger partial charge in [0.15, 0.2) is 0 Å². The maximum atomic E-state index is 11.5. The molecule has 1 aromatic carbocycles. The molecule has 2 aromatic rings. The summed E-state index contributed by atoms with van der Waals surface area (Å²) in [5, 5.41) is 4.31. The van der Waals surface area contributed by atoms with E-state index in [0.29, 0.717) is 5.58 Å². The van der Waals surface area contributed by atoms with E-state index in [9.17, 15) is 4.79 Å². The zero-order valence-electron chi connectivity index (χ0n) is 9.48. The Balaban J connectivity index is 2.16. The molecule has 88 valence electrons. The van der Waals surface area contributed by atoms with E-state index in [-0.39, 0.29) is 5.63 Å². The van der Waals surface area contributed by atoms with Crippen molar-refractivity contribution in [2.45, 2.75) is 0 Å². The lowest BCUT2D eigenvalue weighted by Crippen LogP contribution is -2.43. The second-order valence-corrected chi connectivity index (χ2v) is 4.18. The highest BCUT2D eigenvalue weighted by Gasteiger charge is 2.14. The fraction of sp³-hybridized carbons (Fsp3) is 0.308. The van der Waals surface area contributed by atoms with Crippen LogP contribution in [0.4, 0.5) is 5.69 Å². The molecule has 4 nitrogen and oxygen atoms in total. The van der Waals surface area contributed by atoms with Gasteiger partial charge < -0.3 is 14.6 Å². The fourth-order valence-electron chi connectivity index (χ4n) is 2.26. The first-order valence-electron chi connectivity index (χ1n) is 5.83. The van der Waals surface area contributed by atoms with Gasteiger partial charge in [0, 0.05) is 37.6 Å². The van der Waals surface area contributed by atoms with Crippen LogP contribution < -0.4 is 15.8 Å². The molecule has 0 bridgehead atoms. The van der Waals surface area contributed by atoms with Crippen LogP contribution >= 0.6 is 0 Å². The van der Waals surface area contributed by atoms with Crippen LogP contribution in [0.3, 0.4) is 0 Å². The number of benzene rings is 1. The van der Waals surface area contributed by atoms with Crippen LogP contribution in [0.1, 0.15) is 0 Å². The van der Waals surface area contributed by atoms with Crippen LogP contribution in [-0.2, 0) is 0 Å². The molecular weight excluding hydrogens is 216 g/mol. The van der Waals surface area contributed by atoms with Gasteiger partial charge in [-0.3, -0.25) is 0 Å². The Morgan fingerprint density at radius 2 is 1.94 bits per heavy atom. The van der Waals surface area contributed by atoms with E-state index in [2.05, 4.69) is 10.2 Å². The van der Waals surface area contributed by atoms with Crippen LogP contribution in [0, 0.1) is 0 Å². The summed E-state index contributed by atoms with van der Waals surface area (Å²) in [4.78, 5) is 13.8. The van der Waals surface area contributed by atoms with E-state index >= 15 is 0 Å². The van der Waals surface area contributed by atoms with E-state index < -0.39 is 0 Å². The maximum absolute atomic E-state index is 11.5.